The Morgan fingerprint density at radius 1 is 1.10 bits per heavy atom. The van der Waals surface area contributed by atoms with Gasteiger partial charge in [0.2, 0.25) is 10.0 Å². The molecule has 0 radical (unpaired) electrons. The van der Waals surface area contributed by atoms with Gasteiger partial charge in [0.25, 0.3) is 5.91 Å². The van der Waals surface area contributed by atoms with E-state index < -0.39 is 14.8 Å². The Balaban J connectivity index is 0.897. The number of nitrogens with one attached hydrogen (secondary N) is 1. The first-order valence-electron chi connectivity index (χ1n) is 15.1. The number of piperidine rings is 1. The van der Waals surface area contributed by atoms with E-state index >= 15 is 0 Å². The Morgan fingerprint density at radius 2 is 1.79 bits per heavy atom. The summed E-state index contributed by atoms with van der Waals surface area (Å²) < 4.78 is 39.9. The van der Waals surface area contributed by atoms with Crippen molar-refractivity contribution in [3.05, 3.63) is 17.5 Å². The van der Waals surface area contributed by atoms with Gasteiger partial charge in [0, 0.05) is 63.3 Å². The molecule has 1 N–H and O–H groups in total. The molecule has 216 valence electrons. The van der Waals surface area contributed by atoms with Crippen LogP contribution in [0.2, 0.25) is 0 Å². The third-order valence-electron chi connectivity index (χ3n) is 10.9. The molecule has 6 fully saturated rings. The molecule has 0 spiro atoms. The van der Waals surface area contributed by atoms with Crippen molar-refractivity contribution in [3.8, 4) is 0 Å². The molecule has 4 saturated carbocycles. The monoisotopic (exact) mass is 561 g/mol. The second-order valence-electron chi connectivity index (χ2n) is 13.1. The lowest BCUT2D eigenvalue weighted by Gasteiger charge is -2.70. The highest BCUT2D eigenvalue weighted by molar-refractivity contribution is 7.90. The normalized spacial score (nSPS) is 35.7. The van der Waals surface area contributed by atoms with Gasteiger partial charge in [-0.15, -0.1) is 0 Å². The highest BCUT2D eigenvalue weighted by atomic mass is 32.2. The number of aromatic nitrogens is 1. The minimum absolute atomic E-state index is 0.0922. The quantitative estimate of drug-likeness (QED) is 0.487. The van der Waals surface area contributed by atoms with Crippen molar-refractivity contribution in [1.29, 1.82) is 0 Å². The Labute approximate surface area is 231 Å². The van der Waals surface area contributed by atoms with Crippen LogP contribution in [0, 0.1) is 17.8 Å². The number of carbonyl (C=O) groups excluding carboxylic acids is 1. The lowest BCUT2D eigenvalue weighted by atomic mass is 9.42. The van der Waals surface area contributed by atoms with Crippen LogP contribution in [0.5, 0.6) is 0 Å². The number of ether oxygens (including phenoxy) is 1. The van der Waals surface area contributed by atoms with E-state index in [9.17, 15) is 13.2 Å². The average Bonchev–Trinajstić information content (AvgIpc) is 3.65. The van der Waals surface area contributed by atoms with Crippen LogP contribution >= 0.6 is 0 Å². The Kier molecular flexibility index (Phi) is 6.82. The molecule has 1 amide bonds. The second kappa shape index (κ2) is 10.1. The van der Waals surface area contributed by atoms with Gasteiger partial charge in [-0.05, 0) is 76.2 Å². The highest BCUT2D eigenvalue weighted by Gasteiger charge is 2.73. The third-order valence-corrected chi connectivity index (χ3v) is 13.5. The van der Waals surface area contributed by atoms with Gasteiger partial charge in [-0.25, -0.2) is 12.7 Å². The zero-order valence-electron chi connectivity index (χ0n) is 23.1. The second-order valence-corrected chi connectivity index (χ2v) is 15.4. The summed E-state index contributed by atoms with van der Waals surface area (Å²) in [5.41, 5.74) is 0.369. The van der Waals surface area contributed by atoms with Crippen LogP contribution in [0.4, 0.5) is 0 Å². The zero-order valence-corrected chi connectivity index (χ0v) is 23.9. The van der Waals surface area contributed by atoms with Crippen LogP contribution in [0.3, 0.4) is 0 Å². The number of carbonyl (C=O) groups is 1. The van der Waals surface area contributed by atoms with Gasteiger partial charge in [-0.2, -0.15) is 0 Å². The molecule has 11 heteroatoms. The van der Waals surface area contributed by atoms with Gasteiger partial charge < -0.3 is 19.5 Å². The molecule has 5 atom stereocenters. The van der Waals surface area contributed by atoms with E-state index in [2.05, 4.69) is 27.3 Å². The van der Waals surface area contributed by atoms with E-state index in [0.29, 0.717) is 42.6 Å². The highest BCUT2D eigenvalue weighted by Crippen LogP contribution is 2.69. The van der Waals surface area contributed by atoms with Gasteiger partial charge in [0.05, 0.1) is 18.0 Å². The van der Waals surface area contributed by atoms with E-state index in [0.717, 1.165) is 96.5 Å². The van der Waals surface area contributed by atoms with Gasteiger partial charge in [-0.1, -0.05) is 5.16 Å². The summed E-state index contributed by atoms with van der Waals surface area (Å²) in [7, 11) is -1.12. The first kappa shape index (κ1) is 26.4. The fourth-order valence-electron chi connectivity index (χ4n) is 8.51. The molecule has 1 aromatic heterocycles. The van der Waals surface area contributed by atoms with Crippen LogP contribution in [0.1, 0.15) is 73.5 Å². The van der Waals surface area contributed by atoms with E-state index in [1.807, 2.05) is 4.31 Å². The van der Waals surface area contributed by atoms with Crippen LogP contribution in [0.15, 0.2) is 10.6 Å². The molecule has 4 aliphatic carbocycles. The van der Waals surface area contributed by atoms with Crippen molar-refractivity contribution < 1.29 is 22.5 Å². The zero-order chi connectivity index (χ0) is 26.8. The average molecular weight is 562 g/mol. The first-order valence-corrected chi connectivity index (χ1v) is 16.6. The number of likely N-dealkylation sites (N-methyl/N-ethyl adjacent to an activating group) is 1. The Hall–Kier alpha value is -1.53. The molecule has 0 aromatic carbocycles. The lowest BCUT2D eigenvalue weighted by molar-refractivity contribution is -0.108. The Morgan fingerprint density at radius 3 is 2.46 bits per heavy atom. The number of hydrogen-bond acceptors (Lipinski definition) is 8. The summed E-state index contributed by atoms with van der Waals surface area (Å²) in [4.78, 5) is 17.7. The SMILES string of the molecule is CN(CCN1CCOCC1)C1CCN(S(=O)(=O)C23C[C@H]4CC(NC(=O)c5cc(C6CC6)on5)C[C@@H](C2)C43)CC1. The maximum absolute atomic E-state index is 13.9. The van der Waals surface area contributed by atoms with Crippen molar-refractivity contribution in [2.45, 2.75) is 74.1 Å². The van der Waals surface area contributed by atoms with Crippen LogP contribution in [-0.4, -0.2) is 110 Å². The number of hydrogen-bond donors (Lipinski definition) is 1. The van der Waals surface area contributed by atoms with Crippen molar-refractivity contribution in [1.82, 2.24) is 24.6 Å². The summed E-state index contributed by atoms with van der Waals surface area (Å²) in [5.74, 6) is 2.13. The summed E-state index contributed by atoms with van der Waals surface area (Å²) in [6.45, 7) is 7.00. The molecule has 6 aliphatic rings. The number of rotatable bonds is 9. The minimum Gasteiger partial charge on any atom is -0.379 e. The summed E-state index contributed by atoms with van der Waals surface area (Å²) in [6, 6.07) is 2.32. The fraction of sp³-hybridized carbons (Fsp3) is 0.857. The molecule has 3 unspecified atom stereocenters. The maximum Gasteiger partial charge on any atom is 0.273 e. The van der Waals surface area contributed by atoms with Crippen molar-refractivity contribution >= 4 is 15.9 Å². The van der Waals surface area contributed by atoms with Gasteiger partial charge in [0.15, 0.2) is 5.69 Å². The van der Waals surface area contributed by atoms with Crippen molar-refractivity contribution in [2.75, 3.05) is 59.5 Å². The predicted octanol–water partition coefficient (Wildman–Crippen LogP) is 1.90. The molecule has 3 heterocycles. The first-order chi connectivity index (χ1) is 18.8. The molecular weight excluding hydrogens is 518 g/mol. The molecule has 39 heavy (non-hydrogen) atoms. The van der Waals surface area contributed by atoms with Crippen LogP contribution in [-0.2, 0) is 14.8 Å². The summed E-state index contributed by atoms with van der Waals surface area (Å²) in [6.07, 6.45) is 7.27. The van der Waals surface area contributed by atoms with Crippen molar-refractivity contribution in [2.24, 2.45) is 17.8 Å². The lowest BCUT2D eigenvalue weighted by Crippen LogP contribution is -2.75. The van der Waals surface area contributed by atoms with Crippen LogP contribution in [0.25, 0.3) is 0 Å². The van der Waals surface area contributed by atoms with Crippen molar-refractivity contribution in [3.63, 3.8) is 0 Å². The molecule has 2 aliphatic heterocycles. The number of nitrogens with zero attached hydrogens (tertiary/aromatic N) is 4. The smallest absolute Gasteiger partial charge is 0.273 e. The largest absolute Gasteiger partial charge is 0.379 e. The molecule has 7 rings (SSSR count). The molecule has 2 saturated heterocycles. The van der Waals surface area contributed by atoms with Gasteiger partial charge >= 0.3 is 0 Å². The molecule has 0 bridgehead atoms. The van der Waals surface area contributed by atoms with E-state index in [4.69, 9.17) is 9.26 Å². The van der Waals surface area contributed by atoms with Crippen LogP contribution < -0.4 is 5.32 Å². The van der Waals surface area contributed by atoms with E-state index in [1.165, 1.54) is 0 Å². The third kappa shape index (κ3) is 4.66. The summed E-state index contributed by atoms with van der Waals surface area (Å²) >= 11 is 0. The topological polar surface area (TPSA) is 108 Å². The number of sulfonamides is 1. The van der Waals surface area contributed by atoms with Gasteiger partial charge in [-0.3, -0.25) is 9.69 Å². The number of morpholine rings is 1. The maximum atomic E-state index is 13.9. The van der Waals surface area contributed by atoms with E-state index in [-0.39, 0.29) is 17.9 Å². The molecule has 1 aromatic rings. The van der Waals surface area contributed by atoms with E-state index in [1.54, 1.807) is 6.07 Å². The Bertz CT molecular complexity index is 1150. The number of amides is 1. The summed E-state index contributed by atoms with van der Waals surface area (Å²) in [5, 5.41) is 7.15. The standard InChI is InChI=1S/C28H43N5O5S/c1-31(8-9-32-10-12-37-13-11-32)23-4-6-33(7-5-23)39(35,36)28-17-20-14-22(15-21(18-28)26(20)28)29-27(34)24-16-25(38-30-24)19-2-3-19/h16,19-23,26H,2-15,17-18H2,1H3,(H,29,34)/t20-,21+,22?,26?,28?. The minimum atomic E-state index is -3.31. The molecule has 10 nitrogen and oxygen atoms in total. The van der Waals surface area contributed by atoms with Gasteiger partial charge in [0.1, 0.15) is 5.76 Å². The predicted molar refractivity (Wildman–Crippen MR) is 145 cm³/mol. The fourth-order valence-corrected chi connectivity index (χ4v) is 11.3. The molecular formula is C28H43N5O5S.